The van der Waals surface area contributed by atoms with Gasteiger partial charge in [0.05, 0.1) is 0 Å². The average molecular weight is 262 g/mol. The van der Waals surface area contributed by atoms with E-state index < -0.39 is 0 Å². The number of rotatable bonds is 3. The highest BCUT2D eigenvalue weighted by molar-refractivity contribution is 5.85. The van der Waals surface area contributed by atoms with Crippen LogP contribution < -0.4 is 5.32 Å². The minimum absolute atomic E-state index is 0. The third kappa shape index (κ3) is 4.74. The third-order valence-electron chi connectivity index (χ3n) is 4.05. The fourth-order valence-electron chi connectivity index (χ4n) is 2.91. The molecule has 0 saturated carbocycles. The summed E-state index contributed by atoms with van der Waals surface area (Å²) in [6.45, 7) is 13.5. The van der Waals surface area contributed by atoms with Gasteiger partial charge in [0, 0.05) is 38.8 Å². The van der Waals surface area contributed by atoms with E-state index >= 15 is 0 Å². The van der Waals surface area contributed by atoms with Gasteiger partial charge in [-0.05, 0) is 45.7 Å². The highest BCUT2D eigenvalue weighted by Crippen LogP contribution is 2.13. The van der Waals surface area contributed by atoms with Crippen LogP contribution in [0.5, 0.6) is 0 Å². The van der Waals surface area contributed by atoms with Crippen molar-refractivity contribution in [3.63, 3.8) is 0 Å². The van der Waals surface area contributed by atoms with Crippen LogP contribution in [0.3, 0.4) is 0 Å². The molecule has 1 atom stereocenters. The monoisotopic (exact) mass is 261 g/mol. The zero-order valence-electron chi connectivity index (χ0n) is 11.3. The number of nitrogens with one attached hydrogen (secondary N) is 1. The van der Waals surface area contributed by atoms with Crippen molar-refractivity contribution >= 4 is 12.4 Å². The first kappa shape index (κ1) is 15.2. The molecule has 2 aliphatic rings. The van der Waals surface area contributed by atoms with Crippen LogP contribution >= 0.6 is 12.4 Å². The van der Waals surface area contributed by atoms with E-state index in [9.17, 15) is 0 Å². The fourth-order valence-corrected chi connectivity index (χ4v) is 2.91. The molecule has 0 aromatic heterocycles. The summed E-state index contributed by atoms with van der Waals surface area (Å²) in [6.07, 6.45) is 2.80. The molecular formula is C13H28ClN3. The van der Waals surface area contributed by atoms with Gasteiger partial charge in [0.2, 0.25) is 0 Å². The maximum absolute atomic E-state index is 3.51. The Morgan fingerprint density at radius 2 is 1.88 bits per heavy atom. The van der Waals surface area contributed by atoms with Gasteiger partial charge in [0.25, 0.3) is 0 Å². The molecule has 2 rings (SSSR count). The zero-order chi connectivity index (χ0) is 11.4. The molecule has 102 valence electrons. The molecule has 0 aliphatic carbocycles. The van der Waals surface area contributed by atoms with E-state index in [4.69, 9.17) is 0 Å². The number of nitrogens with zero attached hydrogens (tertiary/aromatic N) is 2. The molecule has 1 unspecified atom stereocenters. The SMILES string of the molecule is CC(C)N1CCN(CC2CCCNC2)CC1.Cl. The van der Waals surface area contributed by atoms with Crippen molar-refractivity contribution in [1.82, 2.24) is 15.1 Å². The minimum atomic E-state index is 0. The Labute approximate surface area is 112 Å². The lowest BCUT2D eigenvalue weighted by molar-refractivity contribution is 0.0929. The quantitative estimate of drug-likeness (QED) is 0.829. The van der Waals surface area contributed by atoms with Crippen LogP contribution in [0.2, 0.25) is 0 Å². The summed E-state index contributed by atoms with van der Waals surface area (Å²) in [5.41, 5.74) is 0. The van der Waals surface area contributed by atoms with E-state index in [2.05, 4.69) is 29.0 Å². The van der Waals surface area contributed by atoms with E-state index in [1.165, 1.54) is 58.7 Å². The molecule has 1 N–H and O–H groups in total. The summed E-state index contributed by atoms with van der Waals surface area (Å²) in [7, 11) is 0. The molecule has 2 aliphatic heterocycles. The van der Waals surface area contributed by atoms with Gasteiger partial charge in [0.1, 0.15) is 0 Å². The predicted molar refractivity (Wildman–Crippen MR) is 76.0 cm³/mol. The summed E-state index contributed by atoms with van der Waals surface area (Å²) in [5.74, 6) is 0.902. The lowest BCUT2D eigenvalue weighted by Gasteiger charge is -2.39. The number of piperidine rings is 1. The van der Waals surface area contributed by atoms with Gasteiger partial charge >= 0.3 is 0 Å². The first-order chi connectivity index (χ1) is 7.75. The predicted octanol–water partition coefficient (Wildman–Crippen LogP) is 1.43. The molecule has 2 fully saturated rings. The van der Waals surface area contributed by atoms with Gasteiger partial charge in [-0.2, -0.15) is 0 Å². The molecular weight excluding hydrogens is 234 g/mol. The standard InChI is InChI=1S/C13H27N3.ClH/c1-12(2)16-8-6-15(7-9-16)11-13-4-3-5-14-10-13;/h12-14H,3-11H2,1-2H3;1H. The summed E-state index contributed by atoms with van der Waals surface area (Å²) >= 11 is 0. The van der Waals surface area contributed by atoms with E-state index in [0.29, 0.717) is 0 Å². The summed E-state index contributed by atoms with van der Waals surface area (Å²) in [6, 6.07) is 0.721. The van der Waals surface area contributed by atoms with E-state index in [-0.39, 0.29) is 12.4 Å². The first-order valence-electron chi connectivity index (χ1n) is 6.93. The lowest BCUT2D eigenvalue weighted by atomic mass is 9.99. The second kappa shape index (κ2) is 7.57. The second-order valence-electron chi connectivity index (χ2n) is 5.64. The van der Waals surface area contributed by atoms with E-state index in [1.54, 1.807) is 0 Å². The van der Waals surface area contributed by atoms with Gasteiger partial charge in [0.15, 0.2) is 0 Å². The van der Waals surface area contributed by atoms with Crippen molar-refractivity contribution in [3.8, 4) is 0 Å². The smallest absolute Gasteiger partial charge is 0.0113 e. The number of hydrogen-bond donors (Lipinski definition) is 1. The fraction of sp³-hybridized carbons (Fsp3) is 1.00. The Kier molecular flexibility index (Phi) is 6.78. The van der Waals surface area contributed by atoms with Crippen molar-refractivity contribution in [3.05, 3.63) is 0 Å². The van der Waals surface area contributed by atoms with Gasteiger partial charge in [-0.25, -0.2) is 0 Å². The maximum Gasteiger partial charge on any atom is 0.0113 e. The maximum atomic E-state index is 3.51. The van der Waals surface area contributed by atoms with Crippen molar-refractivity contribution in [2.45, 2.75) is 32.7 Å². The van der Waals surface area contributed by atoms with E-state index in [1.807, 2.05) is 0 Å². The summed E-state index contributed by atoms with van der Waals surface area (Å²) in [4.78, 5) is 5.26. The van der Waals surface area contributed by atoms with Gasteiger partial charge in [-0.15, -0.1) is 12.4 Å². The van der Waals surface area contributed by atoms with Crippen LogP contribution in [-0.4, -0.2) is 61.7 Å². The molecule has 4 heteroatoms. The Hall–Kier alpha value is 0.170. The largest absolute Gasteiger partial charge is 0.316 e. The molecule has 0 amide bonds. The van der Waals surface area contributed by atoms with Gasteiger partial charge in [-0.3, -0.25) is 4.90 Å². The van der Waals surface area contributed by atoms with Gasteiger partial charge < -0.3 is 10.2 Å². The van der Waals surface area contributed by atoms with Gasteiger partial charge in [-0.1, -0.05) is 0 Å². The van der Waals surface area contributed by atoms with Crippen molar-refractivity contribution in [2.24, 2.45) is 5.92 Å². The van der Waals surface area contributed by atoms with Crippen LogP contribution in [0.15, 0.2) is 0 Å². The minimum Gasteiger partial charge on any atom is -0.316 e. The van der Waals surface area contributed by atoms with Crippen LogP contribution in [-0.2, 0) is 0 Å². The normalized spacial score (nSPS) is 28.1. The first-order valence-corrected chi connectivity index (χ1v) is 6.93. The third-order valence-corrected chi connectivity index (χ3v) is 4.05. The Balaban J connectivity index is 0.00000144. The Morgan fingerprint density at radius 3 is 2.41 bits per heavy atom. The molecule has 0 aromatic carbocycles. The van der Waals surface area contributed by atoms with Crippen molar-refractivity contribution in [2.75, 3.05) is 45.8 Å². The average Bonchev–Trinajstić information content (AvgIpc) is 2.31. The topological polar surface area (TPSA) is 18.5 Å². The molecule has 0 bridgehead atoms. The molecule has 0 spiro atoms. The van der Waals surface area contributed by atoms with Crippen LogP contribution in [0.4, 0.5) is 0 Å². The molecule has 2 saturated heterocycles. The van der Waals surface area contributed by atoms with Crippen molar-refractivity contribution in [1.29, 1.82) is 0 Å². The zero-order valence-corrected chi connectivity index (χ0v) is 12.1. The summed E-state index contributed by atoms with van der Waals surface area (Å²) in [5, 5.41) is 3.51. The Morgan fingerprint density at radius 1 is 1.18 bits per heavy atom. The van der Waals surface area contributed by atoms with E-state index in [0.717, 1.165) is 12.0 Å². The second-order valence-corrected chi connectivity index (χ2v) is 5.64. The summed E-state index contributed by atoms with van der Waals surface area (Å²) < 4.78 is 0. The number of piperazine rings is 1. The number of halogens is 1. The lowest BCUT2D eigenvalue weighted by Crippen LogP contribution is -2.50. The van der Waals surface area contributed by atoms with Crippen LogP contribution in [0.25, 0.3) is 0 Å². The number of hydrogen-bond acceptors (Lipinski definition) is 3. The van der Waals surface area contributed by atoms with Crippen molar-refractivity contribution < 1.29 is 0 Å². The molecule has 2 heterocycles. The Bertz CT molecular complexity index is 197. The highest BCUT2D eigenvalue weighted by atomic mass is 35.5. The van der Waals surface area contributed by atoms with Crippen LogP contribution in [0.1, 0.15) is 26.7 Å². The molecule has 0 aromatic rings. The van der Waals surface area contributed by atoms with Crippen LogP contribution in [0, 0.1) is 5.92 Å². The molecule has 3 nitrogen and oxygen atoms in total. The molecule has 17 heavy (non-hydrogen) atoms. The molecule has 0 radical (unpaired) electrons. The highest BCUT2D eigenvalue weighted by Gasteiger charge is 2.22.